The van der Waals surface area contributed by atoms with Crippen LogP contribution in [0.4, 0.5) is 4.79 Å². The lowest BCUT2D eigenvalue weighted by atomic mass is 10.1. The minimum Gasteiger partial charge on any atom is -0.372 e. The first-order valence-corrected chi connectivity index (χ1v) is 9.45. The molecule has 7 heteroatoms. The molecule has 2 atom stereocenters. The molecular formula is C21H26N4O3. The van der Waals surface area contributed by atoms with E-state index in [2.05, 4.69) is 15.6 Å². The van der Waals surface area contributed by atoms with Gasteiger partial charge in [0.15, 0.2) is 0 Å². The van der Waals surface area contributed by atoms with Gasteiger partial charge in [-0.15, -0.1) is 0 Å². The van der Waals surface area contributed by atoms with Crippen molar-refractivity contribution in [1.82, 2.24) is 20.5 Å². The highest BCUT2D eigenvalue weighted by molar-refractivity contribution is 5.94. The van der Waals surface area contributed by atoms with Crippen molar-refractivity contribution >= 4 is 11.9 Å². The summed E-state index contributed by atoms with van der Waals surface area (Å²) in [5, 5.41) is 5.61. The number of aromatic nitrogens is 1. The predicted octanol–water partition coefficient (Wildman–Crippen LogP) is 2.33. The van der Waals surface area contributed by atoms with Gasteiger partial charge in [-0.1, -0.05) is 12.1 Å². The summed E-state index contributed by atoms with van der Waals surface area (Å²) in [7, 11) is 0. The van der Waals surface area contributed by atoms with Crippen molar-refractivity contribution in [3.05, 3.63) is 65.5 Å². The molecule has 0 aliphatic carbocycles. The van der Waals surface area contributed by atoms with Crippen LogP contribution in [0, 0.1) is 0 Å². The first kappa shape index (κ1) is 19.8. The molecule has 2 heterocycles. The maximum Gasteiger partial charge on any atom is 0.315 e. The van der Waals surface area contributed by atoms with Crippen LogP contribution >= 0.6 is 0 Å². The van der Waals surface area contributed by atoms with Crippen LogP contribution in [0.1, 0.15) is 35.3 Å². The maximum atomic E-state index is 12.7. The Balaban J connectivity index is 1.47. The van der Waals surface area contributed by atoms with E-state index in [1.165, 1.54) is 0 Å². The fourth-order valence-corrected chi connectivity index (χ4v) is 3.22. The third-order valence-electron chi connectivity index (χ3n) is 4.56. The number of hydrogen-bond donors (Lipinski definition) is 2. The minimum absolute atomic E-state index is 0.0107. The monoisotopic (exact) mass is 382 g/mol. The summed E-state index contributed by atoms with van der Waals surface area (Å²) in [6.45, 7) is 5.99. The number of benzene rings is 1. The number of nitrogens with one attached hydrogen (secondary N) is 2. The zero-order valence-electron chi connectivity index (χ0n) is 16.2. The second-order valence-electron chi connectivity index (χ2n) is 7.06. The molecule has 1 aliphatic heterocycles. The SMILES string of the molecule is CC1CN(C(=O)c2ccc(CNC(=O)NCc3ccncc3)cc2)CC(C)O1. The van der Waals surface area contributed by atoms with Gasteiger partial charge < -0.3 is 20.3 Å². The van der Waals surface area contributed by atoms with Gasteiger partial charge in [0.1, 0.15) is 0 Å². The van der Waals surface area contributed by atoms with Crippen LogP contribution in [0.3, 0.4) is 0 Å². The molecule has 2 N–H and O–H groups in total. The molecule has 2 unspecified atom stereocenters. The molecule has 0 saturated carbocycles. The summed E-state index contributed by atoms with van der Waals surface area (Å²) in [5.74, 6) is 0.0107. The highest BCUT2D eigenvalue weighted by Crippen LogP contribution is 2.15. The van der Waals surface area contributed by atoms with E-state index < -0.39 is 0 Å². The van der Waals surface area contributed by atoms with Crippen LogP contribution in [0.15, 0.2) is 48.8 Å². The first-order valence-electron chi connectivity index (χ1n) is 9.45. The summed E-state index contributed by atoms with van der Waals surface area (Å²) in [5.41, 5.74) is 2.56. The summed E-state index contributed by atoms with van der Waals surface area (Å²) < 4.78 is 5.68. The van der Waals surface area contributed by atoms with Crippen molar-refractivity contribution < 1.29 is 14.3 Å². The standard InChI is InChI=1S/C21H26N4O3/c1-15-13-25(14-16(2)28-15)20(26)19-5-3-17(4-6-19)11-23-21(27)24-12-18-7-9-22-10-8-18/h3-10,15-16H,11-14H2,1-2H3,(H2,23,24,27). The molecule has 2 aromatic rings. The molecule has 3 rings (SSSR count). The van der Waals surface area contributed by atoms with E-state index in [0.717, 1.165) is 11.1 Å². The van der Waals surface area contributed by atoms with Crippen LogP contribution in [-0.2, 0) is 17.8 Å². The number of amides is 3. The highest BCUT2D eigenvalue weighted by atomic mass is 16.5. The van der Waals surface area contributed by atoms with Gasteiger partial charge in [-0.25, -0.2) is 4.79 Å². The van der Waals surface area contributed by atoms with E-state index >= 15 is 0 Å². The van der Waals surface area contributed by atoms with Gasteiger partial charge in [-0.2, -0.15) is 0 Å². The highest BCUT2D eigenvalue weighted by Gasteiger charge is 2.26. The lowest BCUT2D eigenvalue weighted by Crippen LogP contribution is -2.48. The van der Waals surface area contributed by atoms with Crippen molar-refractivity contribution in [2.75, 3.05) is 13.1 Å². The largest absolute Gasteiger partial charge is 0.372 e. The van der Waals surface area contributed by atoms with Crippen LogP contribution in [0.2, 0.25) is 0 Å². The molecule has 0 radical (unpaired) electrons. The van der Waals surface area contributed by atoms with Gasteiger partial charge in [-0.3, -0.25) is 9.78 Å². The molecule has 1 fully saturated rings. The van der Waals surface area contributed by atoms with Gasteiger partial charge in [-0.05, 0) is 49.2 Å². The Kier molecular flexibility index (Phi) is 6.60. The zero-order chi connectivity index (χ0) is 19.9. The molecule has 7 nitrogen and oxygen atoms in total. The number of carbonyl (C=O) groups is 2. The number of hydrogen-bond acceptors (Lipinski definition) is 4. The molecule has 1 saturated heterocycles. The molecule has 0 spiro atoms. The smallest absolute Gasteiger partial charge is 0.315 e. The van der Waals surface area contributed by atoms with Crippen molar-refractivity contribution in [2.24, 2.45) is 0 Å². The van der Waals surface area contributed by atoms with E-state index in [4.69, 9.17) is 4.74 Å². The summed E-state index contributed by atoms with van der Waals surface area (Å²) in [6, 6.07) is 10.8. The molecule has 3 amide bonds. The van der Waals surface area contributed by atoms with E-state index in [9.17, 15) is 9.59 Å². The summed E-state index contributed by atoms with van der Waals surface area (Å²) in [4.78, 5) is 30.4. The molecular weight excluding hydrogens is 356 g/mol. The fraction of sp³-hybridized carbons (Fsp3) is 0.381. The predicted molar refractivity (Wildman–Crippen MR) is 106 cm³/mol. The van der Waals surface area contributed by atoms with Gasteiger partial charge in [0.25, 0.3) is 5.91 Å². The number of nitrogens with zero attached hydrogens (tertiary/aromatic N) is 2. The third-order valence-corrected chi connectivity index (χ3v) is 4.56. The second kappa shape index (κ2) is 9.32. The van der Waals surface area contributed by atoms with Crippen LogP contribution in [-0.4, -0.2) is 47.1 Å². The number of urea groups is 1. The molecule has 0 bridgehead atoms. The third kappa shape index (κ3) is 5.53. The van der Waals surface area contributed by atoms with E-state index in [0.29, 0.717) is 31.7 Å². The van der Waals surface area contributed by atoms with Crippen LogP contribution in [0.25, 0.3) is 0 Å². The van der Waals surface area contributed by atoms with Crippen molar-refractivity contribution in [3.8, 4) is 0 Å². The Morgan fingerprint density at radius 3 is 2.07 bits per heavy atom. The lowest BCUT2D eigenvalue weighted by molar-refractivity contribution is -0.0586. The Labute approximate surface area is 165 Å². The summed E-state index contributed by atoms with van der Waals surface area (Å²) in [6.07, 6.45) is 3.47. The topological polar surface area (TPSA) is 83.6 Å². The Morgan fingerprint density at radius 1 is 0.964 bits per heavy atom. The molecule has 28 heavy (non-hydrogen) atoms. The molecule has 148 valence electrons. The zero-order valence-corrected chi connectivity index (χ0v) is 16.2. The number of pyridine rings is 1. The number of morpholine rings is 1. The fourth-order valence-electron chi connectivity index (χ4n) is 3.22. The first-order chi connectivity index (χ1) is 13.5. The number of ether oxygens (including phenoxy) is 1. The van der Waals surface area contributed by atoms with Gasteiger partial charge in [0, 0.05) is 44.1 Å². The number of rotatable bonds is 5. The molecule has 1 aromatic carbocycles. The Morgan fingerprint density at radius 2 is 1.50 bits per heavy atom. The Bertz CT molecular complexity index is 785. The van der Waals surface area contributed by atoms with Crippen molar-refractivity contribution in [2.45, 2.75) is 39.1 Å². The van der Waals surface area contributed by atoms with Gasteiger partial charge in [0.2, 0.25) is 0 Å². The Hall–Kier alpha value is -2.93. The average molecular weight is 382 g/mol. The van der Waals surface area contributed by atoms with Crippen LogP contribution in [0.5, 0.6) is 0 Å². The van der Waals surface area contributed by atoms with E-state index in [1.54, 1.807) is 24.5 Å². The van der Waals surface area contributed by atoms with E-state index in [-0.39, 0.29) is 24.1 Å². The second-order valence-corrected chi connectivity index (χ2v) is 7.06. The molecule has 1 aromatic heterocycles. The summed E-state index contributed by atoms with van der Waals surface area (Å²) >= 11 is 0. The average Bonchev–Trinajstić information content (AvgIpc) is 2.70. The van der Waals surface area contributed by atoms with Gasteiger partial charge in [0.05, 0.1) is 12.2 Å². The normalized spacial score (nSPS) is 19.1. The maximum absolute atomic E-state index is 12.7. The van der Waals surface area contributed by atoms with Crippen molar-refractivity contribution in [3.63, 3.8) is 0 Å². The number of carbonyl (C=O) groups excluding carboxylic acids is 2. The van der Waals surface area contributed by atoms with Crippen molar-refractivity contribution in [1.29, 1.82) is 0 Å². The van der Waals surface area contributed by atoms with Gasteiger partial charge >= 0.3 is 6.03 Å². The minimum atomic E-state index is -0.242. The van der Waals surface area contributed by atoms with E-state index in [1.807, 2.05) is 43.0 Å². The lowest BCUT2D eigenvalue weighted by Gasteiger charge is -2.35. The van der Waals surface area contributed by atoms with Crippen LogP contribution < -0.4 is 10.6 Å². The quantitative estimate of drug-likeness (QED) is 0.831. The molecule has 1 aliphatic rings.